The van der Waals surface area contributed by atoms with Gasteiger partial charge in [-0.1, -0.05) is 51.1 Å². The molecule has 2 aromatic heterocycles. The van der Waals surface area contributed by atoms with Gasteiger partial charge in [-0.25, -0.2) is 14.4 Å². The minimum Gasteiger partial charge on any atom is -0.497 e. The second-order valence-corrected chi connectivity index (χ2v) is 11.7. The fraction of sp³-hybridized carbons (Fsp3) is 0.222. The molecule has 0 amide bonds. The van der Waals surface area contributed by atoms with Crippen molar-refractivity contribution < 1.29 is 23.8 Å². The van der Waals surface area contributed by atoms with Crippen LogP contribution in [0.5, 0.6) is 17.5 Å². The second-order valence-electron chi connectivity index (χ2n) is 11.7. The number of hydrogen-bond acceptors (Lipinski definition) is 7. The summed E-state index contributed by atoms with van der Waals surface area (Å²) < 4.78 is 25.1. The third kappa shape index (κ3) is 7.09. The van der Waals surface area contributed by atoms with Gasteiger partial charge in [0.25, 0.3) is 0 Å². The topological polar surface area (TPSA) is 106 Å². The molecule has 2 N–H and O–H groups in total. The molecule has 0 spiro atoms. The number of carboxylic acid groups (broad SMARTS) is 1. The highest BCUT2D eigenvalue weighted by molar-refractivity contribution is 5.71. The number of ether oxygens (including phenoxy) is 2. The van der Waals surface area contributed by atoms with E-state index in [0.29, 0.717) is 23.6 Å². The van der Waals surface area contributed by atoms with Crippen LogP contribution < -0.4 is 14.8 Å². The number of carbonyl (C=O) groups is 1. The van der Waals surface area contributed by atoms with E-state index >= 15 is 0 Å². The predicted octanol–water partition coefficient (Wildman–Crippen LogP) is 7.90. The van der Waals surface area contributed by atoms with E-state index in [4.69, 9.17) is 14.5 Å². The molecule has 0 saturated carbocycles. The first kappa shape index (κ1) is 31.1. The zero-order valence-corrected chi connectivity index (χ0v) is 25.6. The van der Waals surface area contributed by atoms with Crippen molar-refractivity contribution in [3.63, 3.8) is 0 Å². The van der Waals surface area contributed by atoms with Crippen LogP contribution in [-0.4, -0.2) is 33.1 Å². The van der Waals surface area contributed by atoms with Crippen molar-refractivity contribution in [2.24, 2.45) is 5.41 Å². The number of aliphatic carboxylic acids is 1. The van der Waals surface area contributed by atoms with Crippen LogP contribution in [0.15, 0.2) is 103 Å². The summed E-state index contributed by atoms with van der Waals surface area (Å²) in [5.74, 6) is 0.662. The summed E-state index contributed by atoms with van der Waals surface area (Å²) >= 11 is 0. The standard InChI is InChI=1S/C36H35FN4O4/c1-35(2,3)36(22-33(42)43,26-12-14-27(37)15-13-26)31-20-21-38-34(41-31)45-29-18-10-25(11-19-29)30-6-5-7-32(40-30)39-23-24-8-16-28(44-4)17-9-24/h5-21H,22-23H2,1-4H3,(H,39,40)(H,42,43). The monoisotopic (exact) mass is 606 g/mol. The zero-order chi connectivity index (χ0) is 32.0. The minimum atomic E-state index is -1.09. The fourth-order valence-electron chi connectivity index (χ4n) is 5.44. The molecule has 0 radical (unpaired) electrons. The first-order valence-corrected chi connectivity index (χ1v) is 14.5. The van der Waals surface area contributed by atoms with Crippen molar-refractivity contribution in [3.05, 3.63) is 126 Å². The molecule has 0 aliphatic rings. The molecule has 0 fully saturated rings. The molecule has 5 aromatic rings. The number of methoxy groups -OCH3 is 1. The van der Waals surface area contributed by atoms with E-state index in [1.165, 1.54) is 12.1 Å². The Hall–Kier alpha value is -5.31. The maximum atomic E-state index is 13.8. The van der Waals surface area contributed by atoms with E-state index in [-0.39, 0.29) is 12.4 Å². The maximum Gasteiger partial charge on any atom is 0.322 e. The Balaban J connectivity index is 1.35. The molecule has 1 unspecified atom stereocenters. The predicted molar refractivity (Wildman–Crippen MR) is 171 cm³/mol. The normalized spacial score (nSPS) is 12.6. The molecule has 0 bridgehead atoms. The van der Waals surface area contributed by atoms with E-state index in [0.717, 1.165) is 28.4 Å². The Labute approximate surface area is 262 Å². The number of carboxylic acids is 1. The van der Waals surface area contributed by atoms with Gasteiger partial charge in [-0.2, -0.15) is 4.98 Å². The van der Waals surface area contributed by atoms with E-state index < -0.39 is 22.6 Å². The third-order valence-corrected chi connectivity index (χ3v) is 7.85. The Bertz CT molecular complexity index is 1750. The lowest BCUT2D eigenvalue weighted by Gasteiger charge is -2.44. The van der Waals surface area contributed by atoms with Crippen LogP contribution in [-0.2, 0) is 16.8 Å². The summed E-state index contributed by atoms with van der Waals surface area (Å²) in [4.78, 5) is 25.9. The number of anilines is 1. The first-order valence-electron chi connectivity index (χ1n) is 14.5. The lowest BCUT2D eigenvalue weighted by Crippen LogP contribution is -2.44. The second kappa shape index (κ2) is 13.1. The van der Waals surface area contributed by atoms with Crippen LogP contribution in [0.25, 0.3) is 11.3 Å². The smallest absolute Gasteiger partial charge is 0.322 e. The van der Waals surface area contributed by atoms with Crippen LogP contribution in [0.1, 0.15) is 44.0 Å². The molecule has 2 heterocycles. The summed E-state index contributed by atoms with van der Waals surface area (Å²) in [6.45, 7) is 6.45. The average Bonchev–Trinajstić information content (AvgIpc) is 3.03. The number of hydrogen-bond donors (Lipinski definition) is 2. The number of pyridine rings is 1. The van der Waals surface area contributed by atoms with E-state index in [2.05, 4.69) is 15.3 Å². The molecule has 9 heteroatoms. The molecule has 5 rings (SSSR count). The Morgan fingerprint density at radius 1 is 0.867 bits per heavy atom. The quantitative estimate of drug-likeness (QED) is 0.156. The van der Waals surface area contributed by atoms with Crippen molar-refractivity contribution >= 4 is 11.8 Å². The summed E-state index contributed by atoms with van der Waals surface area (Å²) in [6.07, 6.45) is 1.29. The van der Waals surface area contributed by atoms with Gasteiger partial charge in [-0.3, -0.25) is 4.79 Å². The summed E-state index contributed by atoms with van der Waals surface area (Å²) in [6, 6.07) is 28.7. The van der Waals surface area contributed by atoms with Crippen molar-refractivity contribution in [2.75, 3.05) is 12.4 Å². The van der Waals surface area contributed by atoms with Crippen molar-refractivity contribution in [1.29, 1.82) is 0 Å². The van der Waals surface area contributed by atoms with Crippen LogP contribution >= 0.6 is 0 Å². The van der Waals surface area contributed by atoms with Crippen LogP contribution in [0.4, 0.5) is 10.2 Å². The third-order valence-electron chi connectivity index (χ3n) is 7.85. The number of nitrogens with one attached hydrogen (secondary N) is 1. The molecule has 1 atom stereocenters. The van der Waals surface area contributed by atoms with E-state index in [1.807, 2.05) is 75.4 Å². The number of benzene rings is 3. The number of rotatable bonds is 11. The van der Waals surface area contributed by atoms with Gasteiger partial charge in [0.1, 0.15) is 23.1 Å². The van der Waals surface area contributed by atoms with E-state index in [9.17, 15) is 14.3 Å². The van der Waals surface area contributed by atoms with Crippen LogP contribution in [0.3, 0.4) is 0 Å². The van der Waals surface area contributed by atoms with Gasteiger partial charge in [0, 0.05) is 18.3 Å². The van der Waals surface area contributed by atoms with Gasteiger partial charge in [-0.05, 0) is 83.3 Å². The zero-order valence-electron chi connectivity index (χ0n) is 25.6. The van der Waals surface area contributed by atoms with Crippen LogP contribution in [0.2, 0.25) is 0 Å². The van der Waals surface area contributed by atoms with Gasteiger partial charge < -0.3 is 19.9 Å². The molecule has 0 aliphatic carbocycles. The molecule has 0 saturated heterocycles. The molecule has 0 aliphatic heterocycles. The van der Waals surface area contributed by atoms with Gasteiger partial charge in [0.05, 0.1) is 30.3 Å². The molecule has 3 aromatic carbocycles. The maximum absolute atomic E-state index is 13.8. The van der Waals surface area contributed by atoms with Gasteiger partial charge >= 0.3 is 12.0 Å². The summed E-state index contributed by atoms with van der Waals surface area (Å²) in [5, 5.41) is 13.3. The van der Waals surface area contributed by atoms with Crippen molar-refractivity contribution in [1.82, 2.24) is 15.0 Å². The summed E-state index contributed by atoms with van der Waals surface area (Å²) in [5.41, 5.74) is 2.21. The number of nitrogens with zero attached hydrogens (tertiary/aromatic N) is 3. The number of halogens is 1. The number of aromatic nitrogens is 3. The Morgan fingerprint density at radius 3 is 2.20 bits per heavy atom. The molecule has 8 nitrogen and oxygen atoms in total. The molecule has 45 heavy (non-hydrogen) atoms. The fourth-order valence-corrected chi connectivity index (χ4v) is 5.44. The van der Waals surface area contributed by atoms with Gasteiger partial charge in [0.15, 0.2) is 0 Å². The Morgan fingerprint density at radius 2 is 1.56 bits per heavy atom. The van der Waals surface area contributed by atoms with Crippen LogP contribution in [0, 0.1) is 11.2 Å². The van der Waals surface area contributed by atoms with Gasteiger partial charge in [-0.15, -0.1) is 0 Å². The highest BCUT2D eigenvalue weighted by atomic mass is 19.1. The van der Waals surface area contributed by atoms with Gasteiger partial charge in [0.2, 0.25) is 0 Å². The first-order chi connectivity index (χ1) is 21.6. The molecule has 230 valence electrons. The molecular weight excluding hydrogens is 571 g/mol. The van der Waals surface area contributed by atoms with Crippen molar-refractivity contribution in [3.8, 4) is 28.8 Å². The summed E-state index contributed by atoms with van der Waals surface area (Å²) in [7, 11) is 1.64. The Kier molecular flexibility index (Phi) is 9.08. The van der Waals surface area contributed by atoms with Crippen molar-refractivity contribution in [2.45, 2.75) is 39.2 Å². The highest BCUT2D eigenvalue weighted by Crippen LogP contribution is 2.49. The average molecular weight is 607 g/mol. The SMILES string of the molecule is COc1ccc(CNc2cccc(-c3ccc(Oc4nccc(C(CC(=O)O)(c5ccc(F)cc5)C(C)(C)C)n4)cc3)n2)cc1. The minimum absolute atomic E-state index is 0.0734. The largest absolute Gasteiger partial charge is 0.497 e. The lowest BCUT2D eigenvalue weighted by molar-refractivity contribution is -0.139. The highest BCUT2D eigenvalue weighted by Gasteiger charge is 2.48. The van der Waals surface area contributed by atoms with E-state index in [1.54, 1.807) is 43.6 Å². The lowest BCUT2D eigenvalue weighted by atomic mass is 9.59. The molecular formula is C36H35FN4O4.